The highest BCUT2D eigenvalue weighted by atomic mass is 16.5. The summed E-state index contributed by atoms with van der Waals surface area (Å²) >= 11 is 0. The van der Waals surface area contributed by atoms with Crippen LogP contribution < -0.4 is 0 Å². The van der Waals surface area contributed by atoms with Gasteiger partial charge in [0.05, 0.1) is 12.7 Å². The van der Waals surface area contributed by atoms with Crippen LogP contribution in [0, 0.1) is 50.2 Å². The van der Waals surface area contributed by atoms with Crippen molar-refractivity contribution in [3.05, 3.63) is 11.6 Å². The Kier molecular flexibility index (Phi) is 7.53. The average Bonchev–Trinajstić information content (AvgIpc) is 2.94. The van der Waals surface area contributed by atoms with Crippen molar-refractivity contribution in [2.75, 3.05) is 6.61 Å². The van der Waals surface area contributed by atoms with Crippen LogP contribution in [0.4, 0.5) is 0 Å². The minimum atomic E-state index is -1.55. The Morgan fingerprint density at radius 3 is 2.19 bits per heavy atom. The van der Waals surface area contributed by atoms with E-state index in [1.54, 1.807) is 0 Å². The van der Waals surface area contributed by atoms with Gasteiger partial charge in [0.1, 0.15) is 30.5 Å². The van der Waals surface area contributed by atoms with Crippen LogP contribution in [0.1, 0.15) is 113 Å². The van der Waals surface area contributed by atoms with Crippen LogP contribution >= 0.6 is 0 Å². The van der Waals surface area contributed by atoms with Gasteiger partial charge >= 0.3 is 0 Å². The number of aliphatic hydroxyl groups is 5. The van der Waals surface area contributed by atoms with Crippen LogP contribution in [-0.4, -0.2) is 74.5 Å². The third kappa shape index (κ3) is 4.23. The Morgan fingerprint density at radius 1 is 0.837 bits per heavy atom. The maximum absolute atomic E-state index is 14.7. The molecule has 13 atom stereocenters. The third-order valence-corrected chi connectivity index (χ3v) is 15.3. The van der Waals surface area contributed by atoms with E-state index in [9.17, 15) is 30.3 Å². The van der Waals surface area contributed by atoms with Crippen molar-refractivity contribution >= 4 is 5.78 Å². The first-order chi connectivity index (χ1) is 19.9. The molecule has 0 spiro atoms. The first kappa shape index (κ1) is 32.1. The standard InChI is InChI=1S/C36H58O7/c1-31(2)14-16-36(30(42)29-28(41)27(40)26(39)22(19-37)43-29)17-15-34(6)20(21(36)18-31)8-9-24-33(5)12-11-25(38)32(3,4)23(33)10-13-35(24,34)7/h8,21-29,37-41H,9-19H2,1-7H3/t21?,22?,23?,24?,25?,26-,27?,28?,29-,33+,34-,35-,36+/m1/s1. The lowest BCUT2D eigenvalue weighted by molar-refractivity contribution is -0.234. The summed E-state index contributed by atoms with van der Waals surface area (Å²) < 4.78 is 5.91. The number of aliphatic hydroxyl groups excluding tert-OH is 5. The summed E-state index contributed by atoms with van der Waals surface area (Å²) in [6, 6.07) is 0. The molecule has 43 heavy (non-hydrogen) atoms. The molecule has 0 aromatic heterocycles. The number of Topliss-reactive ketones (excluding diaryl/α,β-unsaturated/α-hetero) is 1. The molecule has 5 N–H and O–H groups in total. The second-order valence-electron chi connectivity index (χ2n) is 17.9. The molecule has 0 aromatic rings. The fourth-order valence-corrected chi connectivity index (χ4v) is 12.3. The first-order valence-electron chi connectivity index (χ1n) is 17.1. The minimum absolute atomic E-state index is 0.0165. The topological polar surface area (TPSA) is 127 Å². The minimum Gasteiger partial charge on any atom is -0.394 e. The van der Waals surface area contributed by atoms with Crippen LogP contribution in [0.3, 0.4) is 0 Å². The molecule has 1 saturated heterocycles. The van der Waals surface area contributed by atoms with Crippen LogP contribution in [0.25, 0.3) is 0 Å². The van der Waals surface area contributed by atoms with Crippen LogP contribution in [0.15, 0.2) is 11.6 Å². The first-order valence-corrected chi connectivity index (χ1v) is 17.1. The highest BCUT2D eigenvalue weighted by Crippen LogP contribution is 2.76. The number of allylic oxidation sites excluding steroid dienone is 2. The van der Waals surface area contributed by atoms with E-state index in [1.165, 1.54) is 5.57 Å². The van der Waals surface area contributed by atoms with Gasteiger partial charge in [-0.05, 0) is 109 Å². The molecule has 0 amide bonds. The third-order valence-electron chi connectivity index (χ3n) is 15.3. The quantitative estimate of drug-likeness (QED) is 0.300. The Bertz CT molecular complexity index is 1160. The summed E-state index contributed by atoms with van der Waals surface area (Å²) in [4.78, 5) is 14.7. The highest BCUT2D eigenvalue weighted by molar-refractivity contribution is 5.91. The number of carbonyl (C=O) groups excluding carboxylic acids is 1. The Balaban J connectivity index is 1.40. The van der Waals surface area contributed by atoms with E-state index in [0.29, 0.717) is 24.7 Å². The van der Waals surface area contributed by atoms with Crippen molar-refractivity contribution < 1.29 is 35.1 Å². The predicted molar refractivity (Wildman–Crippen MR) is 164 cm³/mol. The highest BCUT2D eigenvalue weighted by Gasteiger charge is 2.69. The van der Waals surface area contributed by atoms with Gasteiger partial charge in [0.25, 0.3) is 0 Å². The molecule has 7 unspecified atom stereocenters. The van der Waals surface area contributed by atoms with Gasteiger partial charge in [0, 0.05) is 5.41 Å². The van der Waals surface area contributed by atoms with Gasteiger partial charge in [-0.25, -0.2) is 0 Å². The molecule has 5 aliphatic carbocycles. The molecule has 0 radical (unpaired) electrons. The number of ketones is 1. The lowest BCUT2D eigenvalue weighted by Gasteiger charge is -2.71. The molecule has 0 aromatic carbocycles. The molecule has 7 nitrogen and oxygen atoms in total. The number of ether oxygens (including phenoxy) is 1. The Morgan fingerprint density at radius 2 is 1.51 bits per heavy atom. The van der Waals surface area contributed by atoms with E-state index in [-0.39, 0.29) is 44.9 Å². The lowest BCUT2D eigenvalue weighted by atomic mass is 9.33. The monoisotopic (exact) mass is 602 g/mol. The van der Waals surface area contributed by atoms with E-state index >= 15 is 0 Å². The number of hydrogen-bond donors (Lipinski definition) is 5. The van der Waals surface area contributed by atoms with E-state index in [0.717, 1.165) is 51.4 Å². The number of fused-ring (bicyclic) bond motifs is 7. The molecule has 1 heterocycles. The molecular weight excluding hydrogens is 544 g/mol. The molecule has 6 aliphatic rings. The van der Waals surface area contributed by atoms with Gasteiger partial charge in [-0.2, -0.15) is 0 Å². The summed E-state index contributed by atoms with van der Waals surface area (Å²) in [5.41, 5.74) is 0.811. The normalized spacial score (nSPS) is 53.9. The molecule has 6 rings (SSSR count). The lowest BCUT2D eigenvalue weighted by Crippen LogP contribution is -2.67. The number of rotatable bonds is 3. The van der Waals surface area contributed by atoms with E-state index in [1.807, 2.05) is 0 Å². The molecule has 1 aliphatic heterocycles. The predicted octanol–water partition coefficient (Wildman–Crippen LogP) is 4.56. The van der Waals surface area contributed by atoms with E-state index in [2.05, 4.69) is 54.5 Å². The van der Waals surface area contributed by atoms with Gasteiger partial charge in [-0.3, -0.25) is 4.79 Å². The molecule has 244 valence electrons. The van der Waals surface area contributed by atoms with Gasteiger partial charge in [-0.1, -0.05) is 60.1 Å². The van der Waals surface area contributed by atoms with Crippen molar-refractivity contribution in [2.24, 2.45) is 50.2 Å². The van der Waals surface area contributed by atoms with Crippen molar-refractivity contribution in [1.29, 1.82) is 0 Å². The van der Waals surface area contributed by atoms with Crippen LogP contribution in [-0.2, 0) is 9.53 Å². The summed E-state index contributed by atoms with van der Waals surface area (Å²) in [5, 5.41) is 52.9. The number of hydrogen-bond acceptors (Lipinski definition) is 7. The second kappa shape index (κ2) is 10.1. The van der Waals surface area contributed by atoms with E-state index in [4.69, 9.17) is 4.74 Å². The zero-order valence-electron chi connectivity index (χ0n) is 27.6. The van der Waals surface area contributed by atoms with Crippen LogP contribution in [0.2, 0.25) is 0 Å². The summed E-state index contributed by atoms with van der Waals surface area (Å²) in [5.74, 6) is 0.829. The zero-order valence-corrected chi connectivity index (χ0v) is 27.6. The molecule has 4 saturated carbocycles. The maximum Gasteiger partial charge on any atom is 0.171 e. The molecule has 7 heteroatoms. The summed E-state index contributed by atoms with van der Waals surface area (Å²) in [6.07, 6.45) is 4.55. The fourth-order valence-electron chi connectivity index (χ4n) is 12.3. The smallest absolute Gasteiger partial charge is 0.171 e. The van der Waals surface area contributed by atoms with Crippen molar-refractivity contribution in [3.63, 3.8) is 0 Å². The Labute approximate surface area is 258 Å². The zero-order chi connectivity index (χ0) is 31.5. The average molecular weight is 603 g/mol. The van der Waals surface area contributed by atoms with Gasteiger partial charge in [0.2, 0.25) is 0 Å². The number of carbonyl (C=O) groups is 1. The van der Waals surface area contributed by atoms with Gasteiger partial charge in [-0.15, -0.1) is 0 Å². The van der Waals surface area contributed by atoms with E-state index < -0.39 is 42.5 Å². The van der Waals surface area contributed by atoms with Crippen molar-refractivity contribution in [2.45, 2.75) is 149 Å². The fraction of sp³-hybridized carbons (Fsp3) is 0.917. The van der Waals surface area contributed by atoms with Crippen molar-refractivity contribution in [1.82, 2.24) is 0 Å². The second-order valence-corrected chi connectivity index (χ2v) is 17.9. The van der Waals surface area contributed by atoms with Gasteiger partial charge in [0.15, 0.2) is 5.78 Å². The SMILES string of the molecule is CC1(C)CC[C@]2(C(=O)[C@@H]3OC(CO)[C@@H](O)C(O)C3O)CC[C@]3(C)C(=CCC4[C@@]5(C)CCC(O)C(C)(C)C5CC[C@]43C)C2C1. The molecule has 5 fully saturated rings. The largest absolute Gasteiger partial charge is 0.394 e. The molecule has 0 bridgehead atoms. The summed E-state index contributed by atoms with van der Waals surface area (Å²) in [7, 11) is 0. The maximum atomic E-state index is 14.7. The van der Waals surface area contributed by atoms with Gasteiger partial charge < -0.3 is 30.3 Å². The summed E-state index contributed by atoms with van der Waals surface area (Å²) in [6.45, 7) is 16.1. The van der Waals surface area contributed by atoms with Crippen molar-refractivity contribution in [3.8, 4) is 0 Å². The molecular formula is C36H58O7. The van der Waals surface area contributed by atoms with Crippen LogP contribution in [0.5, 0.6) is 0 Å². The Hall–Kier alpha value is -0.830.